The van der Waals surface area contributed by atoms with Gasteiger partial charge in [0.2, 0.25) is 0 Å². The lowest BCUT2D eigenvalue weighted by Gasteiger charge is -2.33. The summed E-state index contributed by atoms with van der Waals surface area (Å²) in [5, 5.41) is 10.5. The molecule has 1 saturated heterocycles. The van der Waals surface area contributed by atoms with Gasteiger partial charge in [0.05, 0.1) is 24.8 Å². The van der Waals surface area contributed by atoms with Crippen LogP contribution in [0, 0.1) is 11.8 Å². The number of allylic oxidation sites excluding steroid dienone is 3. The van der Waals surface area contributed by atoms with Crippen LogP contribution in [0.5, 0.6) is 5.75 Å². The maximum absolute atomic E-state index is 9.94. The molecule has 30 heavy (non-hydrogen) atoms. The molecule has 1 aromatic rings. The molecule has 0 radical (unpaired) electrons. The fraction of sp³-hybridized carbons (Fsp3) is 0.435. The average Bonchev–Trinajstić information content (AvgIpc) is 3.29. The van der Waals surface area contributed by atoms with Crippen LogP contribution in [0.2, 0.25) is 5.02 Å². The number of methoxy groups -OCH3 is 1. The summed E-state index contributed by atoms with van der Waals surface area (Å²) in [7, 11) is 1.61. The Hall–Kier alpha value is -2.44. The quantitative estimate of drug-likeness (QED) is 0.690. The summed E-state index contributed by atoms with van der Waals surface area (Å²) in [6.45, 7) is 2.52. The summed E-state index contributed by atoms with van der Waals surface area (Å²) in [5.41, 5.74) is 10.1. The van der Waals surface area contributed by atoms with Gasteiger partial charge >= 0.3 is 0 Å². The molecule has 2 fully saturated rings. The lowest BCUT2D eigenvalue weighted by molar-refractivity contribution is 0.165. The number of aliphatic hydroxyl groups is 1. The van der Waals surface area contributed by atoms with E-state index in [1.54, 1.807) is 7.11 Å². The first-order valence-corrected chi connectivity index (χ1v) is 10.9. The van der Waals surface area contributed by atoms with Crippen molar-refractivity contribution in [2.45, 2.75) is 31.9 Å². The van der Waals surface area contributed by atoms with Crippen molar-refractivity contribution in [3.8, 4) is 5.75 Å². The zero-order valence-corrected chi connectivity index (χ0v) is 17.8. The first-order chi connectivity index (χ1) is 14.6. The molecule has 1 aromatic carbocycles. The second-order valence-electron chi connectivity index (χ2n) is 8.45. The molecule has 7 heteroatoms. The number of amidine groups is 1. The van der Waals surface area contributed by atoms with Crippen molar-refractivity contribution in [3.63, 3.8) is 0 Å². The molecule has 6 nitrogen and oxygen atoms in total. The van der Waals surface area contributed by atoms with Crippen LogP contribution in [0.4, 0.5) is 0 Å². The molecule has 158 valence electrons. The molecule has 0 spiro atoms. The van der Waals surface area contributed by atoms with E-state index in [2.05, 4.69) is 34.0 Å². The van der Waals surface area contributed by atoms with E-state index in [0.717, 1.165) is 55.1 Å². The normalized spacial score (nSPS) is 28.8. The van der Waals surface area contributed by atoms with E-state index in [1.165, 1.54) is 5.57 Å². The molecule has 2 aliphatic carbocycles. The predicted octanol–water partition coefficient (Wildman–Crippen LogP) is 3.16. The van der Waals surface area contributed by atoms with E-state index >= 15 is 0 Å². The highest BCUT2D eigenvalue weighted by Crippen LogP contribution is 2.40. The molecule has 2 atom stereocenters. The standard InChI is InChI=1S/C23H27ClN4O2/c1-30-21-7-6-14(8-20(21)24)11-25-22-18-4-2-3-5-19(18)23(27-26-22)28-12-15-9-17(29)10-16(15)13-28/h3-8,15-17,27,29H,2,9-13H2,1H3,(H,25,26). The molecule has 3 N–H and O–H groups in total. The number of hydrazine groups is 1. The molecule has 5 rings (SSSR count). The van der Waals surface area contributed by atoms with Crippen LogP contribution >= 0.6 is 11.6 Å². The van der Waals surface area contributed by atoms with Gasteiger partial charge in [-0.3, -0.25) is 15.8 Å². The fourth-order valence-corrected chi connectivity index (χ4v) is 5.34. The van der Waals surface area contributed by atoms with Crippen LogP contribution in [0.15, 0.2) is 58.4 Å². The Balaban J connectivity index is 1.36. The van der Waals surface area contributed by atoms with Gasteiger partial charge in [-0.25, -0.2) is 0 Å². The molecule has 2 unspecified atom stereocenters. The number of halogens is 1. The highest BCUT2D eigenvalue weighted by Gasteiger charge is 2.42. The molecular formula is C23H27ClN4O2. The molecule has 0 bridgehead atoms. The third-order valence-corrected chi connectivity index (χ3v) is 6.82. The van der Waals surface area contributed by atoms with Gasteiger partial charge in [-0.15, -0.1) is 0 Å². The second kappa shape index (κ2) is 8.00. The Labute approximate surface area is 181 Å². The van der Waals surface area contributed by atoms with Crippen LogP contribution in [0.25, 0.3) is 0 Å². The SMILES string of the molecule is COc1ccc(CN=C2NNC(N3CC4CC(O)CC4C3)=C3C=CCC=C23)cc1Cl. The van der Waals surface area contributed by atoms with Crippen molar-refractivity contribution in [1.82, 2.24) is 15.8 Å². The predicted molar refractivity (Wildman–Crippen MR) is 118 cm³/mol. The van der Waals surface area contributed by atoms with Crippen molar-refractivity contribution in [3.05, 3.63) is 64.0 Å². The number of benzene rings is 1. The van der Waals surface area contributed by atoms with E-state index in [1.807, 2.05) is 18.2 Å². The van der Waals surface area contributed by atoms with E-state index in [-0.39, 0.29) is 6.10 Å². The molecule has 0 aromatic heterocycles. The minimum absolute atomic E-state index is 0.118. The zero-order chi connectivity index (χ0) is 20.7. The summed E-state index contributed by atoms with van der Waals surface area (Å²) in [6.07, 6.45) is 9.24. The number of likely N-dealkylation sites (tertiary alicyclic amines) is 1. The topological polar surface area (TPSA) is 69.1 Å². The Morgan fingerprint density at radius 3 is 2.77 bits per heavy atom. The third kappa shape index (κ3) is 3.59. The number of hydrogen-bond acceptors (Lipinski definition) is 5. The van der Waals surface area contributed by atoms with Crippen molar-refractivity contribution < 1.29 is 9.84 Å². The molecule has 0 amide bonds. The molecule has 2 aliphatic heterocycles. The van der Waals surface area contributed by atoms with E-state index in [0.29, 0.717) is 29.2 Å². The van der Waals surface area contributed by atoms with Gasteiger partial charge in [0.25, 0.3) is 0 Å². The number of ether oxygens (including phenoxy) is 1. The zero-order valence-electron chi connectivity index (χ0n) is 17.1. The number of aliphatic imine (C=N–C) groups is 1. The van der Waals surface area contributed by atoms with Crippen LogP contribution < -0.4 is 15.6 Å². The molecule has 4 aliphatic rings. The van der Waals surface area contributed by atoms with Gasteiger partial charge < -0.3 is 14.7 Å². The van der Waals surface area contributed by atoms with Crippen molar-refractivity contribution >= 4 is 17.4 Å². The molecular weight excluding hydrogens is 400 g/mol. The third-order valence-electron chi connectivity index (χ3n) is 6.52. The maximum atomic E-state index is 9.94. The Morgan fingerprint density at radius 2 is 2.03 bits per heavy atom. The van der Waals surface area contributed by atoms with Crippen LogP contribution in [-0.2, 0) is 6.54 Å². The monoisotopic (exact) mass is 426 g/mol. The van der Waals surface area contributed by atoms with E-state index in [9.17, 15) is 5.11 Å². The summed E-state index contributed by atoms with van der Waals surface area (Å²) < 4.78 is 5.23. The first kappa shape index (κ1) is 19.5. The number of nitrogens with one attached hydrogen (secondary N) is 2. The maximum Gasteiger partial charge on any atom is 0.147 e. The highest BCUT2D eigenvalue weighted by atomic mass is 35.5. The van der Waals surface area contributed by atoms with Gasteiger partial charge in [0, 0.05) is 24.2 Å². The first-order valence-electron chi connectivity index (χ1n) is 10.6. The summed E-state index contributed by atoms with van der Waals surface area (Å²) in [6, 6.07) is 5.76. The van der Waals surface area contributed by atoms with Crippen molar-refractivity contribution in [2.24, 2.45) is 16.8 Å². The smallest absolute Gasteiger partial charge is 0.147 e. The second-order valence-corrected chi connectivity index (χ2v) is 8.86. The number of hydrogen-bond donors (Lipinski definition) is 3. The van der Waals surface area contributed by atoms with E-state index in [4.69, 9.17) is 21.3 Å². The Kier molecular flexibility index (Phi) is 5.21. The summed E-state index contributed by atoms with van der Waals surface area (Å²) >= 11 is 6.25. The van der Waals surface area contributed by atoms with E-state index < -0.39 is 0 Å². The van der Waals surface area contributed by atoms with Crippen molar-refractivity contribution in [2.75, 3.05) is 20.2 Å². The fourth-order valence-electron chi connectivity index (χ4n) is 5.06. The van der Waals surface area contributed by atoms with Crippen LogP contribution in [-0.4, -0.2) is 42.1 Å². The van der Waals surface area contributed by atoms with Crippen LogP contribution in [0.3, 0.4) is 0 Å². The number of nitrogens with zero attached hydrogens (tertiary/aromatic N) is 2. The van der Waals surface area contributed by atoms with Gasteiger partial charge in [0.15, 0.2) is 0 Å². The minimum Gasteiger partial charge on any atom is -0.495 e. The van der Waals surface area contributed by atoms with Gasteiger partial charge in [-0.1, -0.05) is 35.9 Å². The summed E-state index contributed by atoms with van der Waals surface area (Å²) in [4.78, 5) is 7.24. The molecule has 1 saturated carbocycles. The average molecular weight is 427 g/mol. The number of fused-ring (bicyclic) bond motifs is 2. The number of rotatable bonds is 4. The highest BCUT2D eigenvalue weighted by molar-refractivity contribution is 6.32. The van der Waals surface area contributed by atoms with Gasteiger partial charge in [-0.2, -0.15) is 0 Å². The van der Waals surface area contributed by atoms with Gasteiger partial charge in [0.1, 0.15) is 17.4 Å². The number of aliphatic hydroxyl groups excluding tert-OH is 1. The Bertz CT molecular complexity index is 954. The minimum atomic E-state index is -0.118. The van der Waals surface area contributed by atoms with Gasteiger partial charge in [-0.05, 0) is 48.8 Å². The largest absolute Gasteiger partial charge is 0.495 e. The Morgan fingerprint density at radius 1 is 1.23 bits per heavy atom. The van der Waals surface area contributed by atoms with Crippen molar-refractivity contribution in [1.29, 1.82) is 0 Å². The van der Waals surface area contributed by atoms with Crippen LogP contribution in [0.1, 0.15) is 24.8 Å². The summed E-state index contributed by atoms with van der Waals surface area (Å²) in [5.74, 6) is 3.81. The lowest BCUT2D eigenvalue weighted by Crippen LogP contribution is -2.48. The lowest BCUT2D eigenvalue weighted by atomic mass is 9.97. The molecule has 2 heterocycles.